The van der Waals surface area contributed by atoms with E-state index >= 15 is 0 Å². The standard InChI is InChI=1S/C18H14N4O5S/c23-16(11-27-15-6-2-5-14(10-15)22(25)26)20-13-4-1-3-12(9-13)17(24)21-18-19-7-8-28-18/h1-10H,11H2,(H,20,23)(H,19,21,24). The number of non-ortho nitro benzene ring substituents is 1. The summed E-state index contributed by atoms with van der Waals surface area (Å²) in [6.45, 7) is -0.337. The molecule has 9 nitrogen and oxygen atoms in total. The lowest BCUT2D eigenvalue weighted by Crippen LogP contribution is -2.20. The van der Waals surface area contributed by atoms with E-state index in [2.05, 4.69) is 15.6 Å². The lowest BCUT2D eigenvalue weighted by Gasteiger charge is -2.09. The number of aromatic nitrogens is 1. The molecular weight excluding hydrogens is 384 g/mol. The zero-order chi connectivity index (χ0) is 19.9. The fraction of sp³-hybridized carbons (Fsp3) is 0.0556. The Morgan fingerprint density at radius 3 is 2.71 bits per heavy atom. The van der Waals surface area contributed by atoms with Gasteiger partial charge in [0.15, 0.2) is 11.7 Å². The Kier molecular flexibility index (Phi) is 5.92. The van der Waals surface area contributed by atoms with Crippen LogP contribution in [-0.4, -0.2) is 28.3 Å². The van der Waals surface area contributed by atoms with Crippen molar-refractivity contribution in [2.24, 2.45) is 0 Å². The van der Waals surface area contributed by atoms with E-state index in [4.69, 9.17) is 4.74 Å². The van der Waals surface area contributed by atoms with Gasteiger partial charge in [0.2, 0.25) is 0 Å². The lowest BCUT2D eigenvalue weighted by molar-refractivity contribution is -0.384. The van der Waals surface area contributed by atoms with Crippen molar-refractivity contribution in [3.05, 3.63) is 75.8 Å². The van der Waals surface area contributed by atoms with Gasteiger partial charge in [0.05, 0.1) is 11.0 Å². The van der Waals surface area contributed by atoms with Crippen molar-refractivity contribution in [1.82, 2.24) is 4.98 Å². The molecule has 3 rings (SSSR count). The second-order valence-electron chi connectivity index (χ2n) is 5.46. The molecule has 0 unspecified atom stereocenters. The van der Waals surface area contributed by atoms with Crippen molar-refractivity contribution in [2.75, 3.05) is 17.2 Å². The highest BCUT2D eigenvalue weighted by atomic mass is 32.1. The summed E-state index contributed by atoms with van der Waals surface area (Å²) in [6, 6.07) is 11.9. The Morgan fingerprint density at radius 2 is 1.96 bits per heavy atom. The molecule has 0 saturated heterocycles. The molecular formula is C18H14N4O5S. The molecule has 0 fully saturated rings. The molecule has 0 spiro atoms. The molecule has 3 aromatic rings. The van der Waals surface area contributed by atoms with Gasteiger partial charge in [-0.2, -0.15) is 0 Å². The highest BCUT2D eigenvalue weighted by Crippen LogP contribution is 2.19. The van der Waals surface area contributed by atoms with E-state index in [-0.39, 0.29) is 24.0 Å². The first-order valence-corrected chi connectivity index (χ1v) is 8.87. The third kappa shape index (κ3) is 5.11. The molecule has 1 heterocycles. The van der Waals surface area contributed by atoms with Crippen LogP contribution in [0.4, 0.5) is 16.5 Å². The van der Waals surface area contributed by atoms with Gasteiger partial charge in [-0.15, -0.1) is 11.3 Å². The van der Waals surface area contributed by atoms with E-state index in [9.17, 15) is 19.7 Å². The number of thiazole rings is 1. The predicted octanol–water partition coefficient (Wildman–Crippen LogP) is 3.32. The lowest BCUT2D eigenvalue weighted by atomic mass is 10.2. The first-order valence-electron chi connectivity index (χ1n) is 7.99. The summed E-state index contributed by atoms with van der Waals surface area (Å²) >= 11 is 1.30. The van der Waals surface area contributed by atoms with Crippen LogP contribution in [0.3, 0.4) is 0 Å². The molecule has 2 aromatic carbocycles. The number of anilines is 2. The second-order valence-corrected chi connectivity index (χ2v) is 6.36. The van der Waals surface area contributed by atoms with Gasteiger partial charge in [0, 0.05) is 28.9 Å². The summed E-state index contributed by atoms with van der Waals surface area (Å²) in [7, 11) is 0. The zero-order valence-electron chi connectivity index (χ0n) is 14.3. The molecule has 0 atom stereocenters. The number of nitrogens with zero attached hydrogens (tertiary/aromatic N) is 2. The Balaban J connectivity index is 1.57. The number of benzene rings is 2. The molecule has 0 bridgehead atoms. The van der Waals surface area contributed by atoms with Crippen molar-refractivity contribution in [1.29, 1.82) is 0 Å². The number of hydrogen-bond acceptors (Lipinski definition) is 7. The molecule has 2 N–H and O–H groups in total. The first-order chi connectivity index (χ1) is 13.5. The van der Waals surface area contributed by atoms with Gasteiger partial charge in [0.25, 0.3) is 17.5 Å². The average molecular weight is 398 g/mol. The van der Waals surface area contributed by atoms with E-state index in [1.807, 2.05) is 0 Å². The van der Waals surface area contributed by atoms with Crippen LogP contribution in [0.1, 0.15) is 10.4 Å². The van der Waals surface area contributed by atoms with Gasteiger partial charge < -0.3 is 10.1 Å². The third-order valence-corrected chi connectivity index (χ3v) is 4.15. The van der Waals surface area contributed by atoms with Crippen molar-refractivity contribution < 1.29 is 19.2 Å². The molecule has 142 valence electrons. The Hall–Kier alpha value is -3.79. The minimum atomic E-state index is -0.546. The van der Waals surface area contributed by atoms with Gasteiger partial charge in [-0.25, -0.2) is 4.98 Å². The van der Waals surface area contributed by atoms with E-state index in [0.717, 1.165) is 0 Å². The summed E-state index contributed by atoms with van der Waals surface area (Å²) in [6.07, 6.45) is 1.58. The summed E-state index contributed by atoms with van der Waals surface area (Å²) in [5.74, 6) is -0.608. The van der Waals surface area contributed by atoms with E-state index in [0.29, 0.717) is 16.4 Å². The van der Waals surface area contributed by atoms with Gasteiger partial charge >= 0.3 is 0 Å². The number of nitro groups is 1. The molecule has 0 aliphatic carbocycles. The number of carbonyl (C=O) groups is 2. The largest absolute Gasteiger partial charge is 0.484 e. The van der Waals surface area contributed by atoms with Gasteiger partial charge in [-0.3, -0.25) is 25.0 Å². The number of ether oxygens (including phenoxy) is 1. The Labute approximate surface area is 163 Å². The number of nitrogens with one attached hydrogen (secondary N) is 2. The highest BCUT2D eigenvalue weighted by Gasteiger charge is 2.11. The Morgan fingerprint density at radius 1 is 1.14 bits per heavy atom. The van der Waals surface area contributed by atoms with Gasteiger partial charge in [-0.1, -0.05) is 12.1 Å². The molecule has 0 aliphatic heterocycles. The maximum absolute atomic E-state index is 12.2. The second kappa shape index (κ2) is 8.73. The van der Waals surface area contributed by atoms with Crippen molar-refractivity contribution in [3.63, 3.8) is 0 Å². The number of amides is 2. The topological polar surface area (TPSA) is 123 Å². The van der Waals surface area contributed by atoms with Crippen molar-refractivity contribution in [2.45, 2.75) is 0 Å². The van der Waals surface area contributed by atoms with Crippen molar-refractivity contribution >= 4 is 39.7 Å². The summed E-state index contributed by atoms with van der Waals surface area (Å²) < 4.78 is 5.28. The number of carbonyl (C=O) groups excluding carboxylic acids is 2. The molecule has 0 radical (unpaired) electrons. The summed E-state index contributed by atoms with van der Waals surface area (Å²) in [4.78, 5) is 38.5. The predicted molar refractivity (Wildman–Crippen MR) is 104 cm³/mol. The van der Waals surface area contributed by atoms with Crippen LogP contribution in [0.5, 0.6) is 5.75 Å². The van der Waals surface area contributed by atoms with Gasteiger partial charge in [0.1, 0.15) is 5.75 Å². The maximum Gasteiger partial charge on any atom is 0.273 e. The quantitative estimate of drug-likeness (QED) is 0.465. The molecule has 0 saturated carbocycles. The molecule has 28 heavy (non-hydrogen) atoms. The molecule has 2 amide bonds. The summed E-state index contributed by atoms with van der Waals surface area (Å²) in [5, 5.41) is 18.2. The van der Waals surface area contributed by atoms with Crippen LogP contribution >= 0.6 is 11.3 Å². The minimum absolute atomic E-state index is 0.128. The molecule has 10 heteroatoms. The smallest absolute Gasteiger partial charge is 0.273 e. The van der Waals surface area contributed by atoms with Crippen LogP contribution in [-0.2, 0) is 4.79 Å². The number of nitro benzene ring substituents is 1. The van der Waals surface area contributed by atoms with Crippen LogP contribution in [0.2, 0.25) is 0 Å². The molecule has 1 aromatic heterocycles. The summed E-state index contributed by atoms with van der Waals surface area (Å²) in [5.41, 5.74) is 0.642. The fourth-order valence-corrected chi connectivity index (χ4v) is 2.75. The number of rotatable bonds is 7. The monoisotopic (exact) mass is 398 g/mol. The minimum Gasteiger partial charge on any atom is -0.484 e. The van der Waals surface area contributed by atoms with E-state index in [1.165, 1.54) is 41.7 Å². The van der Waals surface area contributed by atoms with Crippen LogP contribution in [0.25, 0.3) is 0 Å². The third-order valence-electron chi connectivity index (χ3n) is 3.46. The zero-order valence-corrected chi connectivity index (χ0v) is 15.1. The first kappa shape index (κ1) is 19.0. The Bertz CT molecular complexity index is 1010. The average Bonchev–Trinajstić information content (AvgIpc) is 3.20. The van der Waals surface area contributed by atoms with Crippen LogP contribution in [0.15, 0.2) is 60.1 Å². The maximum atomic E-state index is 12.2. The van der Waals surface area contributed by atoms with E-state index < -0.39 is 10.8 Å². The van der Waals surface area contributed by atoms with Crippen LogP contribution in [0, 0.1) is 10.1 Å². The normalized spacial score (nSPS) is 10.1. The van der Waals surface area contributed by atoms with E-state index in [1.54, 1.807) is 29.8 Å². The fourth-order valence-electron chi connectivity index (χ4n) is 2.23. The van der Waals surface area contributed by atoms with Gasteiger partial charge in [-0.05, 0) is 24.3 Å². The SMILES string of the molecule is O=C(COc1cccc([N+](=O)[O-])c1)Nc1cccc(C(=O)Nc2nccs2)c1. The van der Waals surface area contributed by atoms with Crippen LogP contribution < -0.4 is 15.4 Å². The van der Waals surface area contributed by atoms with Crippen molar-refractivity contribution in [3.8, 4) is 5.75 Å². The highest BCUT2D eigenvalue weighted by molar-refractivity contribution is 7.13. The molecule has 0 aliphatic rings. The number of hydrogen-bond donors (Lipinski definition) is 2.